The average molecular weight is 831 g/mol. The smallest absolute Gasteiger partial charge is 0.294 e. The van der Waals surface area contributed by atoms with E-state index in [2.05, 4.69) is 8.92 Å². The van der Waals surface area contributed by atoms with E-state index in [4.69, 9.17) is 4.18 Å². The van der Waals surface area contributed by atoms with Gasteiger partial charge in [0.15, 0.2) is 22.6 Å². The Morgan fingerprint density at radius 1 is 0.500 bits per heavy atom. The van der Waals surface area contributed by atoms with Crippen LogP contribution in [0.1, 0.15) is 162 Å². The summed E-state index contributed by atoms with van der Waals surface area (Å²) in [6, 6.07) is 0. The maximum Gasteiger partial charge on any atom is 0.294 e. The molecule has 4 bridgehead atoms. The topological polar surface area (TPSA) is 164 Å². The first-order valence-electron chi connectivity index (χ1n) is 20.5. The van der Waals surface area contributed by atoms with E-state index in [0.29, 0.717) is 40.9 Å². The van der Waals surface area contributed by atoms with Crippen molar-refractivity contribution in [3.05, 3.63) is 0 Å². The van der Waals surface area contributed by atoms with E-state index in [1.807, 2.05) is 111 Å². The quantitative estimate of drug-likeness (QED) is 0.214. The van der Waals surface area contributed by atoms with Crippen molar-refractivity contribution in [2.45, 2.75) is 179 Å². The van der Waals surface area contributed by atoms with Gasteiger partial charge in [0.25, 0.3) is 20.2 Å². The summed E-state index contributed by atoms with van der Waals surface area (Å²) in [5.74, 6) is 3.96. The van der Waals surface area contributed by atoms with Crippen molar-refractivity contribution in [3.63, 3.8) is 0 Å². The molecule has 4 heterocycles. The summed E-state index contributed by atoms with van der Waals surface area (Å²) in [4.78, 5) is 0. The summed E-state index contributed by atoms with van der Waals surface area (Å²) in [6.07, 6.45) is 8.17. The second-order valence-electron chi connectivity index (χ2n) is 11.2. The molecule has 8 atom stereocenters. The number of hydrogen-bond donors (Lipinski definition) is 0. The van der Waals surface area contributed by atoms with Crippen LogP contribution >= 0.6 is 0 Å². The van der Waals surface area contributed by atoms with Crippen LogP contribution in [-0.4, -0.2) is 80.3 Å². The largest absolute Gasteiger partial charge is 0.336 e. The van der Waals surface area contributed by atoms with Crippen molar-refractivity contribution in [1.82, 2.24) is 0 Å². The molecule has 4 aliphatic heterocycles. The van der Waals surface area contributed by atoms with Gasteiger partial charge in [-0.15, -0.1) is 0 Å². The standard InChI is InChI=1S/C8H12O2S.C7H10O3S.C4H8O2S.C2H4O4S.8C2H6/c9-11(10)4-6-1-5-2-7(6)8(11)3-5;8-11(9)7-3-4-1-5(7)6(2-4)10-11;5-7(6)3-1-2-4-7;3-7(4)2-5-1-6-7;8*1-2/h5-8H,1-4H2;4-7H,1-3H2;1-4H2;1-2H2;8*1-2H3. The van der Waals surface area contributed by atoms with E-state index in [1.54, 1.807) is 0 Å². The molecule has 4 saturated carbocycles. The molecule has 0 aromatic heterocycles. The van der Waals surface area contributed by atoms with Crippen LogP contribution in [0.25, 0.3) is 0 Å². The average Bonchev–Trinajstić information content (AvgIpc) is 4.05. The number of ether oxygens (including phenoxy) is 1. The van der Waals surface area contributed by atoms with Gasteiger partial charge < -0.3 is 4.74 Å². The third-order valence-corrected chi connectivity index (χ3v) is 15.7. The van der Waals surface area contributed by atoms with Crippen molar-refractivity contribution in [1.29, 1.82) is 0 Å². The fraction of sp³-hybridized carbons (Fsp3) is 1.00. The molecule has 8 fully saturated rings. The zero-order valence-corrected chi connectivity index (χ0v) is 39.2. The lowest BCUT2D eigenvalue weighted by atomic mass is 9.91. The van der Waals surface area contributed by atoms with Gasteiger partial charge in [-0.05, 0) is 75.0 Å². The van der Waals surface area contributed by atoms with Gasteiger partial charge in [0.1, 0.15) is 9.84 Å². The molecule has 0 N–H and O–H groups in total. The van der Waals surface area contributed by atoms with Crippen LogP contribution in [0.2, 0.25) is 0 Å². The van der Waals surface area contributed by atoms with Crippen LogP contribution in [0.5, 0.6) is 0 Å². The molecule has 8 unspecified atom stereocenters. The molecule has 320 valence electrons. The first-order chi connectivity index (χ1) is 24.7. The molecule has 0 aromatic carbocycles. The first-order valence-corrected chi connectivity index (χ1v) is 27.1. The Morgan fingerprint density at radius 2 is 0.942 bits per heavy atom. The van der Waals surface area contributed by atoms with Crippen LogP contribution in [0.4, 0.5) is 0 Å². The molecule has 11 nitrogen and oxygen atoms in total. The summed E-state index contributed by atoms with van der Waals surface area (Å²) in [7, 11) is -11.6. The van der Waals surface area contributed by atoms with Gasteiger partial charge in [-0.25, -0.2) is 21.0 Å². The number of fused-ring (bicyclic) bond motifs is 2. The summed E-state index contributed by atoms with van der Waals surface area (Å²) in [6.45, 7) is 31.9. The fourth-order valence-corrected chi connectivity index (χ4v) is 14.0. The van der Waals surface area contributed by atoms with E-state index in [-0.39, 0.29) is 29.3 Å². The molecular weight excluding hydrogens is 749 g/mol. The molecule has 0 amide bonds. The first kappa shape index (κ1) is 58.4. The Balaban J connectivity index is -0.000000265. The lowest BCUT2D eigenvalue weighted by molar-refractivity contribution is 0.0919. The highest BCUT2D eigenvalue weighted by Crippen LogP contribution is 2.56. The van der Waals surface area contributed by atoms with Gasteiger partial charge in [-0.3, -0.25) is 4.18 Å². The van der Waals surface area contributed by atoms with Crippen LogP contribution in [0.15, 0.2) is 0 Å². The Labute approximate surface area is 323 Å². The molecule has 8 aliphatic rings. The highest BCUT2D eigenvalue weighted by Gasteiger charge is 2.59. The Morgan fingerprint density at radius 3 is 1.21 bits per heavy atom. The van der Waals surface area contributed by atoms with Gasteiger partial charge in [0.2, 0.25) is 0 Å². The van der Waals surface area contributed by atoms with Gasteiger partial charge in [-0.2, -0.15) is 16.8 Å². The predicted molar refractivity (Wildman–Crippen MR) is 220 cm³/mol. The number of sulfone groups is 2. The van der Waals surface area contributed by atoms with Crippen molar-refractivity contribution in [2.24, 2.45) is 29.6 Å². The van der Waals surface area contributed by atoms with Crippen molar-refractivity contribution >= 4 is 39.9 Å². The summed E-state index contributed by atoms with van der Waals surface area (Å²) in [5.41, 5.74) is 0. The minimum absolute atomic E-state index is 0.0590. The highest BCUT2D eigenvalue weighted by molar-refractivity contribution is 7.92. The van der Waals surface area contributed by atoms with Gasteiger partial charge >= 0.3 is 0 Å². The molecule has 4 aliphatic carbocycles. The predicted octanol–water partition coefficient (Wildman–Crippen LogP) is 9.03. The zero-order valence-electron chi connectivity index (χ0n) is 35.9. The van der Waals surface area contributed by atoms with Crippen molar-refractivity contribution < 1.29 is 46.8 Å². The molecule has 0 aromatic rings. The van der Waals surface area contributed by atoms with Crippen molar-refractivity contribution in [3.8, 4) is 0 Å². The summed E-state index contributed by atoms with van der Waals surface area (Å²) in [5, 5.41) is -0.0440. The molecule has 52 heavy (non-hydrogen) atoms. The van der Waals surface area contributed by atoms with Crippen LogP contribution < -0.4 is 0 Å². The van der Waals surface area contributed by atoms with E-state index < -0.39 is 39.9 Å². The maximum absolute atomic E-state index is 11.5. The van der Waals surface area contributed by atoms with E-state index >= 15 is 0 Å². The minimum Gasteiger partial charge on any atom is -0.336 e. The molecular formula is C37H82O11S4. The number of hydrogen-bond acceptors (Lipinski definition) is 11. The van der Waals surface area contributed by atoms with Gasteiger partial charge in [-0.1, -0.05) is 111 Å². The Bertz CT molecular complexity index is 1150. The Kier molecular flexibility index (Phi) is 34.6. The van der Waals surface area contributed by atoms with E-state index in [9.17, 15) is 33.7 Å². The third kappa shape index (κ3) is 18.5. The molecule has 15 heteroatoms. The monoisotopic (exact) mass is 830 g/mol. The van der Waals surface area contributed by atoms with Gasteiger partial charge in [0.05, 0.1) is 33.9 Å². The highest BCUT2D eigenvalue weighted by atomic mass is 32.2. The van der Waals surface area contributed by atoms with Crippen LogP contribution in [0, 0.1) is 29.6 Å². The third-order valence-electron chi connectivity index (χ3n) is 8.82. The Hall–Kier alpha value is -0.320. The summed E-state index contributed by atoms with van der Waals surface area (Å²) < 4.78 is 99.9. The van der Waals surface area contributed by atoms with E-state index in [0.717, 1.165) is 44.4 Å². The lowest BCUT2D eigenvalue weighted by Crippen LogP contribution is -2.21. The molecule has 4 saturated heterocycles. The molecule has 8 rings (SSSR count). The minimum atomic E-state index is -3.27. The SMILES string of the molecule is CC.CC.CC.CC.CC.CC.CC.CC.O=S1(=O)CC2CC3CC2C1C3.O=S1(=O)CCCC1.O=S1(=O)COCO1.O=S1(=O)OC2CC3CC2C1C3. The van der Waals surface area contributed by atoms with Crippen LogP contribution in [-0.2, 0) is 53.0 Å². The normalized spacial score (nSPS) is 32.6. The zero-order chi connectivity index (χ0) is 41.9. The maximum atomic E-state index is 11.5. The second-order valence-corrected chi connectivity index (χ2v) is 19.2. The number of rotatable bonds is 0. The second kappa shape index (κ2) is 30.8. The fourth-order valence-electron chi connectivity index (χ4n) is 7.39. The van der Waals surface area contributed by atoms with Gasteiger partial charge in [0, 0.05) is 5.92 Å². The summed E-state index contributed by atoms with van der Waals surface area (Å²) >= 11 is 0. The molecule has 0 spiro atoms. The molecule has 0 radical (unpaired) electrons. The van der Waals surface area contributed by atoms with Crippen LogP contribution in [0.3, 0.4) is 0 Å². The lowest BCUT2D eigenvalue weighted by Gasteiger charge is -2.14. The van der Waals surface area contributed by atoms with E-state index in [1.165, 1.54) is 12.8 Å². The van der Waals surface area contributed by atoms with Crippen molar-refractivity contribution in [2.75, 3.05) is 30.0 Å².